The first kappa shape index (κ1) is 35.5. The van der Waals surface area contributed by atoms with Gasteiger partial charge < -0.3 is 4.42 Å². The van der Waals surface area contributed by atoms with Gasteiger partial charge in [-0.05, 0) is 68.8 Å². The van der Waals surface area contributed by atoms with Gasteiger partial charge in [-0.25, -0.2) is 4.98 Å². The van der Waals surface area contributed by atoms with Crippen LogP contribution in [0.3, 0.4) is 0 Å². The molecule has 3 aromatic heterocycles. The van der Waals surface area contributed by atoms with Crippen molar-refractivity contribution in [2.45, 2.75) is 0 Å². The monoisotopic (exact) mass is 792 g/mol. The van der Waals surface area contributed by atoms with Crippen LogP contribution in [0.25, 0.3) is 117 Å². The quantitative estimate of drug-likeness (QED) is 0.161. The number of para-hydroxylation sites is 2. The smallest absolute Gasteiger partial charge is 0.238 e. The molecule has 0 spiro atoms. The van der Waals surface area contributed by atoms with Crippen LogP contribution in [0, 0.1) is 0 Å². The third-order valence-corrected chi connectivity index (χ3v) is 11.9. The number of rotatable bonds is 7. The predicted molar refractivity (Wildman–Crippen MR) is 254 cm³/mol. The van der Waals surface area contributed by atoms with Gasteiger partial charge in [0, 0.05) is 32.7 Å². The lowest BCUT2D eigenvalue weighted by molar-refractivity contribution is 0.670. The van der Waals surface area contributed by atoms with E-state index in [2.05, 4.69) is 180 Å². The summed E-state index contributed by atoms with van der Waals surface area (Å²) < 4.78 is 8.76. The second-order valence-corrected chi connectivity index (χ2v) is 15.6. The summed E-state index contributed by atoms with van der Waals surface area (Å²) in [6, 6.07) is 76.4. The molecule has 12 aromatic rings. The highest BCUT2D eigenvalue weighted by Crippen LogP contribution is 2.40. The van der Waals surface area contributed by atoms with Crippen molar-refractivity contribution in [1.82, 2.24) is 19.5 Å². The molecule has 0 saturated heterocycles. The summed E-state index contributed by atoms with van der Waals surface area (Å²) in [6.07, 6.45) is 0. The number of nitrogens with zero attached hydrogens (tertiary/aromatic N) is 4. The van der Waals surface area contributed by atoms with Crippen molar-refractivity contribution in [2.75, 3.05) is 0 Å². The van der Waals surface area contributed by atoms with Gasteiger partial charge in [-0.3, -0.25) is 4.57 Å². The van der Waals surface area contributed by atoms with E-state index in [1.165, 1.54) is 33.4 Å². The Morgan fingerprint density at radius 3 is 1.35 bits per heavy atom. The van der Waals surface area contributed by atoms with E-state index in [1.54, 1.807) is 0 Å². The lowest BCUT2D eigenvalue weighted by Crippen LogP contribution is -2.06. The van der Waals surface area contributed by atoms with Crippen LogP contribution in [0.4, 0.5) is 0 Å². The van der Waals surface area contributed by atoms with Crippen molar-refractivity contribution in [3.05, 3.63) is 218 Å². The molecular formula is C57H36N4O. The van der Waals surface area contributed by atoms with Crippen LogP contribution < -0.4 is 0 Å². The van der Waals surface area contributed by atoms with Crippen molar-refractivity contribution in [1.29, 1.82) is 0 Å². The summed E-state index contributed by atoms with van der Waals surface area (Å²) in [7, 11) is 0. The van der Waals surface area contributed by atoms with Gasteiger partial charge in [0.25, 0.3) is 0 Å². The standard InChI is InChI=1S/C57H36N4O/c1-3-12-37(13-4-1)38-22-26-41(27-23-38)45-16-11-17-46(36-45)42-28-24-39(25-29-42)40-30-32-44(33-31-40)56-58-55(43-14-5-2-6-15-43)59-57(60-56)61-51-20-9-7-18-47(51)49-34-35-50-48-19-8-10-21-52(48)62-54(50)53(49)61/h1-36H. The summed E-state index contributed by atoms with van der Waals surface area (Å²) in [4.78, 5) is 15.5. The summed E-state index contributed by atoms with van der Waals surface area (Å²) in [5.74, 6) is 1.72. The molecule has 5 nitrogen and oxygen atoms in total. The van der Waals surface area contributed by atoms with E-state index < -0.39 is 0 Å². The van der Waals surface area contributed by atoms with E-state index in [1.807, 2.05) is 42.5 Å². The van der Waals surface area contributed by atoms with E-state index in [0.29, 0.717) is 17.6 Å². The molecule has 9 aromatic carbocycles. The maximum Gasteiger partial charge on any atom is 0.238 e. The largest absolute Gasteiger partial charge is 0.454 e. The van der Waals surface area contributed by atoms with E-state index >= 15 is 0 Å². The number of hydrogen-bond acceptors (Lipinski definition) is 4. The average molecular weight is 793 g/mol. The van der Waals surface area contributed by atoms with E-state index in [-0.39, 0.29) is 0 Å². The first-order valence-electron chi connectivity index (χ1n) is 20.8. The highest BCUT2D eigenvalue weighted by Gasteiger charge is 2.22. The fourth-order valence-corrected chi connectivity index (χ4v) is 8.78. The minimum absolute atomic E-state index is 0.529. The van der Waals surface area contributed by atoms with Gasteiger partial charge in [0.1, 0.15) is 11.1 Å². The highest BCUT2D eigenvalue weighted by molar-refractivity contribution is 6.21. The zero-order valence-corrected chi connectivity index (χ0v) is 33.5. The molecule has 0 aliphatic rings. The van der Waals surface area contributed by atoms with Gasteiger partial charge in [-0.2, -0.15) is 9.97 Å². The molecule has 0 unspecified atom stereocenters. The topological polar surface area (TPSA) is 56.7 Å². The molecule has 0 bridgehead atoms. The molecule has 0 radical (unpaired) electrons. The van der Waals surface area contributed by atoms with Gasteiger partial charge in [0.15, 0.2) is 17.2 Å². The molecule has 0 N–H and O–H groups in total. The van der Waals surface area contributed by atoms with Gasteiger partial charge in [-0.1, -0.05) is 194 Å². The molecule has 0 saturated carbocycles. The Morgan fingerprint density at radius 2 is 0.742 bits per heavy atom. The first-order valence-corrected chi connectivity index (χ1v) is 20.8. The van der Waals surface area contributed by atoms with Crippen LogP contribution in [-0.2, 0) is 0 Å². The normalized spacial score (nSPS) is 11.5. The minimum atomic E-state index is 0.529. The molecule has 0 aliphatic heterocycles. The Bertz CT molecular complexity index is 3590. The Labute approximate surface area is 357 Å². The molecule has 0 aliphatic carbocycles. The number of hydrogen-bond donors (Lipinski definition) is 0. The zero-order chi connectivity index (χ0) is 41.0. The van der Waals surface area contributed by atoms with Crippen LogP contribution in [0.5, 0.6) is 0 Å². The van der Waals surface area contributed by atoms with E-state index in [9.17, 15) is 0 Å². The second kappa shape index (κ2) is 14.7. The molecular weight excluding hydrogens is 757 g/mol. The lowest BCUT2D eigenvalue weighted by Gasteiger charge is -2.11. The van der Waals surface area contributed by atoms with Gasteiger partial charge in [0.05, 0.1) is 5.52 Å². The van der Waals surface area contributed by atoms with Crippen LogP contribution in [0.1, 0.15) is 0 Å². The molecule has 12 rings (SSSR count). The molecule has 0 amide bonds. The maximum atomic E-state index is 6.62. The van der Waals surface area contributed by atoms with Gasteiger partial charge in [-0.15, -0.1) is 0 Å². The van der Waals surface area contributed by atoms with Crippen LogP contribution in [0.15, 0.2) is 223 Å². The van der Waals surface area contributed by atoms with Crippen LogP contribution >= 0.6 is 0 Å². The van der Waals surface area contributed by atoms with E-state index in [0.717, 1.165) is 66.0 Å². The Balaban J connectivity index is 0.898. The maximum absolute atomic E-state index is 6.62. The third-order valence-electron chi connectivity index (χ3n) is 11.9. The van der Waals surface area contributed by atoms with Crippen molar-refractivity contribution in [3.8, 4) is 73.2 Å². The SMILES string of the molecule is c1ccc(-c2ccc(-c3cccc(-c4ccc(-c5ccc(-c6nc(-c7ccccc7)nc(-n7c8ccccc8c8ccc9c%10ccccc%10oc9c87)n6)cc5)cc4)c3)cc2)cc1. The van der Waals surface area contributed by atoms with Crippen molar-refractivity contribution in [2.24, 2.45) is 0 Å². The fourth-order valence-electron chi connectivity index (χ4n) is 8.78. The van der Waals surface area contributed by atoms with E-state index in [4.69, 9.17) is 19.4 Å². The van der Waals surface area contributed by atoms with Crippen molar-refractivity contribution in [3.63, 3.8) is 0 Å². The summed E-state index contributed by atoms with van der Waals surface area (Å²) >= 11 is 0. The molecule has 0 atom stereocenters. The van der Waals surface area contributed by atoms with Gasteiger partial charge in [0.2, 0.25) is 5.95 Å². The Hall–Kier alpha value is -8.41. The fraction of sp³-hybridized carbons (Fsp3) is 0. The van der Waals surface area contributed by atoms with Crippen molar-refractivity contribution < 1.29 is 4.42 Å². The molecule has 0 fully saturated rings. The number of benzene rings is 9. The highest BCUT2D eigenvalue weighted by atomic mass is 16.3. The first-order chi connectivity index (χ1) is 30.7. The third kappa shape index (κ3) is 6.14. The Kier molecular flexibility index (Phi) is 8.42. The minimum Gasteiger partial charge on any atom is -0.454 e. The summed E-state index contributed by atoms with van der Waals surface area (Å²) in [5.41, 5.74) is 14.8. The number of fused-ring (bicyclic) bond motifs is 7. The average Bonchev–Trinajstić information content (AvgIpc) is 3.91. The second-order valence-electron chi connectivity index (χ2n) is 15.6. The summed E-state index contributed by atoms with van der Waals surface area (Å²) in [5, 5.41) is 4.31. The number of furan rings is 1. The summed E-state index contributed by atoms with van der Waals surface area (Å²) in [6.45, 7) is 0. The lowest BCUT2D eigenvalue weighted by atomic mass is 9.96. The number of aromatic nitrogens is 4. The molecule has 290 valence electrons. The molecule has 62 heavy (non-hydrogen) atoms. The van der Waals surface area contributed by atoms with Crippen LogP contribution in [0.2, 0.25) is 0 Å². The van der Waals surface area contributed by atoms with Crippen molar-refractivity contribution >= 4 is 43.7 Å². The van der Waals surface area contributed by atoms with Gasteiger partial charge >= 0.3 is 0 Å². The zero-order valence-electron chi connectivity index (χ0n) is 33.5. The van der Waals surface area contributed by atoms with Crippen LogP contribution in [-0.4, -0.2) is 19.5 Å². The molecule has 5 heteroatoms. The molecule has 3 heterocycles. The predicted octanol–water partition coefficient (Wildman–Crippen LogP) is 14.9. The Morgan fingerprint density at radius 1 is 0.306 bits per heavy atom.